The molecule has 0 saturated carbocycles. The minimum atomic E-state index is -0.502. The Labute approximate surface area is 186 Å². The van der Waals surface area contributed by atoms with E-state index in [-0.39, 0.29) is 12.3 Å². The number of carbonyl (C=O) groups is 1. The molecule has 0 fully saturated rings. The first-order chi connectivity index (χ1) is 15.0. The number of carbonyl (C=O) groups excluding carboxylic acids is 1. The van der Waals surface area contributed by atoms with E-state index in [2.05, 4.69) is 10.6 Å². The van der Waals surface area contributed by atoms with Gasteiger partial charge in [0.15, 0.2) is 18.1 Å². The molecule has 162 valence electrons. The van der Waals surface area contributed by atoms with Crippen molar-refractivity contribution in [3.63, 3.8) is 0 Å². The lowest BCUT2D eigenvalue weighted by Crippen LogP contribution is -2.21. The number of ether oxygens (including phenoxy) is 2. The van der Waals surface area contributed by atoms with E-state index in [4.69, 9.17) is 21.1 Å². The number of amides is 1. The zero-order valence-electron chi connectivity index (χ0n) is 17.4. The van der Waals surface area contributed by atoms with Crippen molar-refractivity contribution >= 4 is 28.9 Å². The number of halogens is 2. The first-order valence-electron chi connectivity index (χ1n) is 9.89. The second kappa shape index (κ2) is 10.7. The Balaban J connectivity index is 1.63. The van der Waals surface area contributed by atoms with E-state index in [9.17, 15) is 9.18 Å². The van der Waals surface area contributed by atoms with Crippen molar-refractivity contribution in [1.29, 1.82) is 0 Å². The van der Waals surface area contributed by atoms with Gasteiger partial charge in [0, 0.05) is 17.3 Å². The normalized spacial score (nSPS) is 10.5. The first-order valence-corrected chi connectivity index (χ1v) is 10.3. The Morgan fingerprint density at radius 3 is 2.55 bits per heavy atom. The molecule has 0 aromatic heterocycles. The molecule has 1 amide bonds. The quantitative estimate of drug-likeness (QED) is 0.438. The molecular weight excluding hydrogens is 419 g/mol. The first kappa shape index (κ1) is 22.4. The molecule has 7 heteroatoms. The SMILES string of the molecule is CCOc1cc(CNc2cccc(Cl)c2C)ccc1OCC(=O)Nc1ccccc1F. The highest BCUT2D eigenvalue weighted by Gasteiger charge is 2.11. The molecule has 31 heavy (non-hydrogen) atoms. The molecule has 0 heterocycles. The molecule has 0 unspecified atom stereocenters. The molecule has 0 atom stereocenters. The fourth-order valence-electron chi connectivity index (χ4n) is 2.94. The molecule has 3 aromatic carbocycles. The zero-order chi connectivity index (χ0) is 22.2. The molecule has 0 saturated heterocycles. The van der Waals surface area contributed by atoms with Gasteiger partial charge in [0.05, 0.1) is 12.3 Å². The van der Waals surface area contributed by atoms with Gasteiger partial charge in [0.2, 0.25) is 0 Å². The van der Waals surface area contributed by atoms with Gasteiger partial charge in [-0.15, -0.1) is 0 Å². The third-order valence-corrected chi connectivity index (χ3v) is 4.97. The standard InChI is InChI=1S/C24H24ClFN2O3/c1-3-30-23-13-17(14-27-20-10-6-7-18(25)16(20)2)11-12-22(23)31-15-24(29)28-21-9-5-4-8-19(21)26/h4-13,27H,3,14-15H2,1-2H3,(H,28,29). The summed E-state index contributed by atoms with van der Waals surface area (Å²) in [6.45, 7) is 4.57. The summed E-state index contributed by atoms with van der Waals surface area (Å²) in [5, 5.41) is 6.56. The van der Waals surface area contributed by atoms with Crippen molar-refractivity contribution in [3.05, 3.63) is 82.6 Å². The molecule has 0 bridgehead atoms. The van der Waals surface area contributed by atoms with E-state index in [0.29, 0.717) is 29.7 Å². The van der Waals surface area contributed by atoms with Gasteiger partial charge in [-0.25, -0.2) is 4.39 Å². The average molecular weight is 443 g/mol. The van der Waals surface area contributed by atoms with Gasteiger partial charge in [0.1, 0.15) is 5.82 Å². The summed E-state index contributed by atoms with van der Waals surface area (Å²) >= 11 is 6.17. The van der Waals surface area contributed by atoms with Crippen LogP contribution in [0.1, 0.15) is 18.1 Å². The number of nitrogens with one attached hydrogen (secondary N) is 2. The highest BCUT2D eigenvalue weighted by molar-refractivity contribution is 6.31. The second-order valence-electron chi connectivity index (χ2n) is 6.80. The lowest BCUT2D eigenvalue weighted by molar-refractivity contribution is -0.118. The molecule has 0 spiro atoms. The highest BCUT2D eigenvalue weighted by atomic mass is 35.5. The zero-order valence-corrected chi connectivity index (χ0v) is 18.1. The summed E-state index contributed by atoms with van der Waals surface area (Å²) < 4.78 is 25.0. The van der Waals surface area contributed by atoms with Crippen LogP contribution < -0.4 is 20.1 Å². The lowest BCUT2D eigenvalue weighted by atomic mass is 10.1. The van der Waals surface area contributed by atoms with E-state index in [0.717, 1.165) is 16.8 Å². The van der Waals surface area contributed by atoms with Gasteiger partial charge in [-0.1, -0.05) is 35.9 Å². The van der Waals surface area contributed by atoms with E-state index in [1.54, 1.807) is 18.2 Å². The lowest BCUT2D eigenvalue weighted by Gasteiger charge is -2.15. The third kappa shape index (κ3) is 6.12. The molecular formula is C24H24ClFN2O3. The number of hydrogen-bond donors (Lipinski definition) is 2. The van der Waals surface area contributed by atoms with Crippen LogP contribution in [0.15, 0.2) is 60.7 Å². The molecule has 3 rings (SSSR count). The Kier molecular flexibility index (Phi) is 7.73. The van der Waals surface area contributed by atoms with Crippen LogP contribution in [0.4, 0.5) is 15.8 Å². The molecule has 0 aliphatic carbocycles. The van der Waals surface area contributed by atoms with E-state index in [1.807, 2.05) is 44.2 Å². The van der Waals surface area contributed by atoms with Crippen molar-refractivity contribution in [3.8, 4) is 11.5 Å². The fourth-order valence-corrected chi connectivity index (χ4v) is 3.11. The van der Waals surface area contributed by atoms with Crippen LogP contribution in [0.5, 0.6) is 11.5 Å². The summed E-state index contributed by atoms with van der Waals surface area (Å²) in [6, 6.07) is 17.2. The number of rotatable bonds is 9. The fraction of sp³-hybridized carbons (Fsp3) is 0.208. The molecule has 0 radical (unpaired) electrons. The van der Waals surface area contributed by atoms with Gasteiger partial charge >= 0.3 is 0 Å². The third-order valence-electron chi connectivity index (χ3n) is 4.57. The Bertz CT molecular complexity index is 1060. The van der Waals surface area contributed by atoms with Gasteiger partial charge in [-0.3, -0.25) is 4.79 Å². The molecule has 5 nitrogen and oxygen atoms in total. The minimum absolute atomic E-state index is 0.110. The molecule has 0 aliphatic heterocycles. The van der Waals surface area contributed by atoms with Gasteiger partial charge in [-0.2, -0.15) is 0 Å². The maximum absolute atomic E-state index is 13.7. The summed E-state index contributed by atoms with van der Waals surface area (Å²) in [4.78, 5) is 12.1. The van der Waals surface area contributed by atoms with Crippen molar-refractivity contribution in [2.24, 2.45) is 0 Å². The summed E-state index contributed by atoms with van der Waals surface area (Å²) in [5.74, 6) is 0.00361. The van der Waals surface area contributed by atoms with E-state index in [1.165, 1.54) is 12.1 Å². The Hall–Kier alpha value is -3.25. The Morgan fingerprint density at radius 1 is 1.00 bits per heavy atom. The van der Waals surface area contributed by atoms with Crippen molar-refractivity contribution in [2.75, 3.05) is 23.8 Å². The highest BCUT2D eigenvalue weighted by Crippen LogP contribution is 2.30. The van der Waals surface area contributed by atoms with Crippen LogP contribution in [0.25, 0.3) is 0 Å². The largest absolute Gasteiger partial charge is 0.490 e. The second-order valence-corrected chi connectivity index (χ2v) is 7.20. The van der Waals surface area contributed by atoms with Crippen LogP contribution in [0.2, 0.25) is 5.02 Å². The summed E-state index contributed by atoms with van der Waals surface area (Å²) in [5.41, 5.74) is 3.02. The van der Waals surface area contributed by atoms with Crippen molar-refractivity contribution < 1.29 is 18.7 Å². The number of hydrogen-bond acceptors (Lipinski definition) is 4. The summed E-state index contributed by atoms with van der Waals surface area (Å²) in [7, 11) is 0. The monoisotopic (exact) mass is 442 g/mol. The maximum atomic E-state index is 13.7. The van der Waals surface area contributed by atoms with Crippen LogP contribution in [-0.2, 0) is 11.3 Å². The van der Waals surface area contributed by atoms with Crippen molar-refractivity contribution in [1.82, 2.24) is 0 Å². The molecule has 0 aliphatic rings. The minimum Gasteiger partial charge on any atom is -0.490 e. The number of para-hydroxylation sites is 1. The van der Waals surface area contributed by atoms with Gasteiger partial charge in [0.25, 0.3) is 5.91 Å². The number of benzene rings is 3. The van der Waals surface area contributed by atoms with Crippen LogP contribution in [0, 0.1) is 12.7 Å². The number of anilines is 2. The van der Waals surface area contributed by atoms with Gasteiger partial charge < -0.3 is 20.1 Å². The van der Waals surface area contributed by atoms with Crippen molar-refractivity contribution in [2.45, 2.75) is 20.4 Å². The van der Waals surface area contributed by atoms with E-state index >= 15 is 0 Å². The average Bonchev–Trinajstić information content (AvgIpc) is 2.76. The predicted octanol–water partition coefficient (Wildman–Crippen LogP) is 5.82. The van der Waals surface area contributed by atoms with Crippen LogP contribution in [-0.4, -0.2) is 19.1 Å². The smallest absolute Gasteiger partial charge is 0.262 e. The topological polar surface area (TPSA) is 59.6 Å². The van der Waals surface area contributed by atoms with Gasteiger partial charge in [-0.05, 0) is 61.4 Å². The van der Waals surface area contributed by atoms with Crippen LogP contribution in [0.3, 0.4) is 0 Å². The Morgan fingerprint density at radius 2 is 1.77 bits per heavy atom. The van der Waals surface area contributed by atoms with Crippen LogP contribution >= 0.6 is 11.6 Å². The summed E-state index contributed by atoms with van der Waals surface area (Å²) in [6.07, 6.45) is 0. The van der Waals surface area contributed by atoms with E-state index < -0.39 is 11.7 Å². The maximum Gasteiger partial charge on any atom is 0.262 e. The molecule has 2 N–H and O–H groups in total. The predicted molar refractivity (Wildman–Crippen MR) is 122 cm³/mol. The molecule has 3 aromatic rings.